The van der Waals surface area contributed by atoms with Crippen molar-refractivity contribution >= 4 is 22.4 Å². The Hall–Kier alpha value is -3.21. The second kappa shape index (κ2) is 9.68. The minimum absolute atomic E-state index is 0.316. The molecule has 186 valence electrons. The Bertz CT molecular complexity index is 1270. The maximum Gasteiger partial charge on any atom is 0.128 e. The van der Waals surface area contributed by atoms with Crippen LogP contribution in [0.5, 0.6) is 0 Å². The molecule has 0 radical (unpaired) electrons. The highest BCUT2D eigenvalue weighted by atomic mass is 16.5. The molecule has 3 aliphatic heterocycles. The molecule has 0 bridgehead atoms. The van der Waals surface area contributed by atoms with Crippen LogP contribution >= 0.6 is 0 Å². The Balaban J connectivity index is 1.20. The van der Waals surface area contributed by atoms with Crippen molar-refractivity contribution in [3.63, 3.8) is 0 Å². The fourth-order valence-corrected chi connectivity index (χ4v) is 6.56. The fourth-order valence-electron chi connectivity index (χ4n) is 6.56. The Morgan fingerprint density at radius 3 is 2.69 bits per heavy atom. The van der Waals surface area contributed by atoms with E-state index in [9.17, 15) is 5.26 Å². The summed E-state index contributed by atoms with van der Waals surface area (Å²) in [6, 6.07) is 15.9. The zero-order valence-electron chi connectivity index (χ0n) is 21.2. The van der Waals surface area contributed by atoms with Crippen LogP contribution in [0.25, 0.3) is 10.9 Å². The summed E-state index contributed by atoms with van der Waals surface area (Å²) in [6.45, 7) is 7.40. The molecule has 36 heavy (non-hydrogen) atoms. The largest absolute Gasteiger partial charge is 0.380 e. The van der Waals surface area contributed by atoms with Crippen LogP contribution in [0.4, 0.5) is 11.5 Å². The quantitative estimate of drug-likeness (QED) is 0.552. The Morgan fingerprint density at radius 1 is 1.00 bits per heavy atom. The van der Waals surface area contributed by atoms with Gasteiger partial charge in [-0.15, -0.1) is 0 Å². The number of pyridine rings is 2. The topological polar surface area (TPSA) is 68.5 Å². The number of anilines is 2. The summed E-state index contributed by atoms with van der Waals surface area (Å²) in [7, 11) is 1.80. The monoisotopic (exact) mass is 482 g/mol. The SMILES string of the molecule is COC1CCN(c2ccc(C3CCN4C(C)CN(c5ccc(C#N)c6ncccc56)CC4C3)cn2)C1. The third-order valence-corrected chi connectivity index (χ3v) is 8.50. The third-order valence-electron chi connectivity index (χ3n) is 8.50. The summed E-state index contributed by atoms with van der Waals surface area (Å²) >= 11 is 0. The van der Waals surface area contributed by atoms with E-state index in [-0.39, 0.29) is 0 Å². The number of piperidine rings is 1. The van der Waals surface area contributed by atoms with E-state index < -0.39 is 0 Å². The highest BCUT2D eigenvalue weighted by Crippen LogP contribution is 2.38. The van der Waals surface area contributed by atoms with Crippen molar-refractivity contribution in [3.8, 4) is 6.07 Å². The molecule has 1 aromatic carbocycles. The number of nitriles is 1. The molecule has 2 aromatic heterocycles. The van der Waals surface area contributed by atoms with Gasteiger partial charge in [0.25, 0.3) is 0 Å². The summed E-state index contributed by atoms with van der Waals surface area (Å²) in [5.41, 5.74) is 3.99. The Morgan fingerprint density at radius 2 is 1.92 bits per heavy atom. The number of benzene rings is 1. The van der Waals surface area contributed by atoms with Crippen LogP contribution in [0.15, 0.2) is 48.8 Å². The lowest BCUT2D eigenvalue weighted by Gasteiger charge is -2.50. The molecule has 5 heterocycles. The van der Waals surface area contributed by atoms with Crippen LogP contribution in [0, 0.1) is 11.3 Å². The van der Waals surface area contributed by atoms with Crippen molar-refractivity contribution in [2.24, 2.45) is 0 Å². The lowest BCUT2D eigenvalue weighted by Crippen LogP contribution is -2.60. The molecule has 0 saturated carbocycles. The summed E-state index contributed by atoms with van der Waals surface area (Å²) in [5.74, 6) is 1.60. The summed E-state index contributed by atoms with van der Waals surface area (Å²) in [4.78, 5) is 16.9. The first-order valence-corrected chi connectivity index (χ1v) is 13.2. The van der Waals surface area contributed by atoms with Gasteiger partial charge in [0.2, 0.25) is 0 Å². The fraction of sp³-hybridized carbons (Fsp3) is 0.483. The number of fused-ring (bicyclic) bond motifs is 2. The number of methoxy groups -OCH3 is 1. The van der Waals surface area contributed by atoms with Gasteiger partial charge < -0.3 is 14.5 Å². The van der Waals surface area contributed by atoms with Crippen LogP contribution < -0.4 is 9.80 Å². The molecule has 0 aliphatic carbocycles. The molecule has 0 N–H and O–H groups in total. The second-order valence-corrected chi connectivity index (χ2v) is 10.6. The van der Waals surface area contributed by atoms with Gasteiger partial charge in [0.15, 0.2) is 0 Å². The van der Waals surface area contributed by atoms with E-state index in [1.807, 2.05) is 12.1 Å². The molecule has 4 unspecified atom stereocenters. The van der Waals surface area contributed by atoms with E-state index in [0.717, 1.165) is 62.3 Å². The van der Waals surface area contributed by atoms with Crippen molar-refractivity contribution in [2.45, 2.75) is 50.3 Å². The predicted molar refractivity (Wildman–Crippen MR) is 142 cm³/mol. The van der Waals surface area contributed by atoms with Crippen molar-refractivity contribution in [1.29, 1.82) is 5.26 Å². The molecule has 0 spiro atoms. The molecule has 7 heteroatoms. The van der Waals surface area contributed by atoms with Gasteiger partial charge in [0.1, 0.15) is 11.9 Å². The first-order valence-electron chi connectivity index (χ1n) is 13.2. The molecular weight excluding hydrogens is 448 g/mol. The molecule has 4 atom stereocenters. The van der Waals surface area contributed by atoms with Crippen molar-refractivity contribution in [1.82, 2.24) is 14.9 Å². The maximum absolute atomic E-state index is 9.55. The number of rotatable bonds is 4. The number of hydrogen-bond acceptors (Lipinski definition) is 7. The average Bonchev–Trinajstić information content (AvgIpc) is 3.42. The van der Waals surface area contributed by atoms with Crippen LogP contribution in [0.2, 0.25) is 0 Å². The van der Waals surface area contributed by atoms with E-state index in [1.54, 1.807) is 13.3 Å². The molecule has 7 nitrogen and oxygen atoms in total. The van der Waals surface area contributed by atoms with E-state index in [0.29, 0.717) is 29.7 Å². The number of aromatic nitrogens is 2. The lowest BCUT2D eigenvalue weighted by atomic mass is 9.83. The average molecular weight is 483 g/mol. The van der Waals surface area contributed by atoms with Crippen LogP contribution in [-0.4, -0.2) is 72.9 Å². The first kappa shape index (κ1) is 23.2. The van der Waals surface area contributed by atoms with E-state index in [2.05, 4.69) is 63.1 Å². The second-order valence-electron chi connectivity index (χ2n) is 10.6. The molecule has 6 rings (SSSR count). The lowest BCUT2D eigenvalue weighted by molar-refractivity contribution is 0.0765. The highest BCUT2D eigenvalue weighted by molar-refractivity contribution is 5.95. The number of nitrogens with zero attached hydrogens (tertiary/aromatic N) is 6. The summed E-state index contributed by atoms with van der Waals surface area (Å²) in [6.07, 6.45) is 7.60. The summed E-state index contributed by atoms with van der Waals surface area (Å²) in [5, 5.41) is 10.6. The molecule has 3 aromatic rings. The van der Waals surface area contributed by atoms with Gasteiger partial charge in [0.05, 0.1) is 17.2 Å². The zero-order valence-corrected chi connectivity index (χ0v) is 21.2. The van der Waals surface area contributed by atoms with Gasteiger partial charge in [-0.3, -0.25) is 9.88 Å². The van der Waals surface area contributed by atoms with Crippen molar-refractivity contribution in [3.05, 3.63) is 59.9 Å². The van der Waals surface area contributed by atoms with Gasteiger partial charge in [-0.1, -0.05) is 6.07 Å². The smallest absolute Gasteiger partial charge is 0.128 e. The van der Waals surface area contributed by atoms with Gasteiger partial charge in [-0.05, 0) is 74.5 Å². The van der Waals surface area contributed by atoms with Gasteiger partial charge >= 0.3 is 0 Å². The Labute approximate surface area is 213 Å². The first-order chi connectivity index (χ1) is 17.6. The zero-order chi connectivity index (χ0) is 24.6. The maximum atomic E-state index is 9.55. The van der Waals surface area contributed by atoms with Crippen LogP contribution in [-0.2, 0) is 4.74 Å². The van der Waals surface area contributed by atoms with E-state index in [1.165, 1.54) is 17.7 Å². The third kappa shape index (κ3) is 4.19. The van der Waals surface area contributed by atoms with Crippen molar-refractivity contribution < 1.29 is 4.74 Å². The van der Waals surface area contributed by atoms with E-state index >= 15 is 0 Å². The molecule has 3 fully saturated rings. The number of hydrogen-bond donors (Lipinski definition) is 0. The Kier molecular flexibility index (Phi) is 6.24. The molecule has 3 saturated heterocycles. The van der Waals surface area contributed by atoms with Gasteiger partial charge in [-0.2, -0.15) is 5.26 Å². The van der Waals surface area contributed by atoms with Crippen molar-refractivity contribution in [2.75, 3.05) is 49.6 Å². The molecule has 0 amide bonds. The normalized spacial score (nSPS) is 26.7. The standard InChI is InChI=1S/C29H34N6O/c1-20-17-34(27-7-5-22(15-30)29-26(27)4-3-11-31-29)18-24-14-21(9-13-35(20)24)23-6-8-28(32-16-23)33-12-10-25(19-33)36-2/h3-8,11,16,20-21,24-25H,9-10,12-14,17-19H2,1-2H3. The summed E-state index contributed by atoms with van der Waals surface area (Å²) < 4.78 is 5.52. The number of ether oxygens (including phenoxy) is 1. The molecule has 3 aliphatic rings. The molecular formula is C29H34N6O. The van der Waals surface area contributed by atoms with Gasteiger partial charge in [-0.25, -0.2) is 4.98 Å². The minimum Gasteiger partial charge on any atom is -0.380 e. The highest BCUT2D eigenvalue weighted by Gasteiger charge is 2.38. The van der Waals surface area contributed by atoms with Crippen LogP contribution in [0.3, 0.4) is 0 Å². The van der Waals surface area contributed by atoms with Gasteiger partial charge in [0, 0.05) is 68.8 Å². The minimum atomic E-state index is 0.316. The van der Waals surface area contributed by atoms with E-state index in [4.69, 9.17) is 9.72 Å². The predicted octanol–water partition coefficient (Wildman–Crippen LogP) is 4.18. The number of piperazine rings is 1. The van der Waals surface area contributed by atoms with Crippen LogP contribution in [0.1, 0.15) is 43.2 Å².